The van der Waals surface area contributed by atoms with Crippen LogP contribution < -0.4 is 0 Å². The molecule has 6 nitrogen and oxygen atoms in total. The molecule has 0 rings (SSSR count). The fraction of sp³-hybridized carbons (Fsp3) is 0.810. The summed E-state index contributed by atoms with van der Waals surface area (Å²) in [5, 5.41) is 9.71. The second-order valence-electron chi connectivity index (χ2n) is 8.39. The summed E-state index contributed by atoms with van der Waals surface area (Å²) in [5.41, 5.74) is -0.0590. The van der Waals surface area contributed by atoms with Gasteiger partial charge in [0.25, 0.3) is 0 Å². The summed E-state index contributed by atoms with van der Waals surface area (Å²) in [7, 11) is 0. The standard InChI is InChI=1S/C21H38O6/c1-9-20(5,6)17(21(7,8)10-2)19(24)26-12-11-25-13-16(22)14-27-18(23)15(3)4/h16-17,22H,3,9-14H2,1-2,4-8H3. The van der Waals surface area contributed by atoms with Gasteiger partial charge in [-0.1, -0.05) is 61.0 Å². The van der Waals surface area contributed by atoms with Gasteiger partial charge in [-0.05, 0) is 17.8 Å². The Hall–Kier alpha value is -1.40. The van der Waals surface area contributed by atoms with Crippen LogP contribution in [0.3, 0.4) is 0 Å². The molecule has 0 saturated heterocycles. The molecule has 0 aliphatic heterocycles. The second kappa shape index (κ2) is 11.4. The summed E-state index contributed by atoms with van der Waals surface area (Å²) in [5.74, 6) is -0.980. The van der Waals surface area contributed by atoms with E-state index in [1.165, 1.54) is 6.92 Å². The van der Waals surface area contributed by atoms with Crippen molar-refractivity contribution in [3.63, 3.8) is 0 Å². The largest absolute Gasteiger partial charge is 0.463 e. The topological polar surface area (TPSA) is 82.1 Å². The molecular weight excluding hydrogens is 348 g/mol. The zero-order chi connectivity index (χ0) is 21.3. The van der Waals surface area contributed by atoms with Gasteiger partial charge in [-0.2, -0.15) is 0 Å². The lowest BCUT2D eigenvalue weighted by atomic mass is 9.63. The number of esters is 2. The van der Waals surface area contributed by atoms with Gasteiger partial charge in [0, 0.05) is 5.57 Å². The number of hydrogen-bond acceptors (Lipinski definition) is 6. The third kappa shape index (κ3) is 8.89. The third-order valence-electron chi connectivity index (χ3n) is 5.16. The Morgan fingerprint density at radius 3 is 1.93 bits per heavy atom. The smallest absolute Gasteiger partial charge is 0.333 e. The minimum atomic E-state index is -0.935. The van der Waals surface area contributed by atoms with E-state index in [0.717, 1.165) is 12.8 Å². The van der Waals surface area contributed by atoms with Crippen molar-refractivity contribution in [1.82, 2.24) is 0 Å². The van der Waals surface area contributed by atoms with Gasteiger partial charge in [-0.3, -0.25) is 4.79 Å². The summed E-state index contributed by atoms with van der Waals surface area (Å²) in [4.78, 5) is 23.9. The molecule has 0 aromatic rings. The number of ether oxygens (including phenoxy) is 3. The van der Waals surface area contributed by atoms with Gasteiger partial charge < -0.3 is 19.3 Å². The van der Waals surface area contributed by atoms with Crippen LogP contribution in [0.2, 0.25) is 0 Å². The summed E-state index contributed by atoms with van der Waals surface area (Å²) in [6.07, 6.45) is 0.818. The average molecular weight is 387 g/mol. The second-order valence-corrected chi connectivity index (χ2v) is 8.39. The Labute approximate surface area is 164 Å². The number of rotatable bonds is 13. The third-order valence-corrected chi connectivity index (χ3v) is 5.16. The van der Waals surface area contributed by atoms with Crippen molar-refractivity contribution in [2.45, 2.75) is 67.4 Å². The molecule has 1 unspecified atom stereocenters. The van der Waals surface area contributed by atoms with E-state index in [-0.39, 0.29) is 54.7 Å². The Morgan fingerprint density at radius 2 is 1.48 bits per heavy atom. The quantitative estimate of drug-likeness (QED) is 0.296. The molecule has 0 saturated carbocycles. The first kappa shape index (κ1) is 25.6. The summed E-state index contributed by atoms with van der Waals surface area (Å²) in [6, 6.07) is 0. The van der Waals surface area contributed by atoms with Crippen molar-refractivity contribution in [3.8, 4) is 0 Å². The van der Waals surface area contributed by atoms with Crippen LogP contribution in [0.25, 0.3) is 0 Å². The Balaban J connectivity index is 4.37. The highest BCUT2D eigenvalue weighted by atomic mass is 16.6. The van der Waals surface area contributed by atoms with Crippen LogP contribution in [0.5, 0.6) is 0 Å². The zero-order valence-electron chi connectivity index (χ0n) is 18.1. The fourth-order valence-electron chi connectivity index (χ4n) is 2.95. The summed E-state index contributed by atoms with van der Waals surface area (Å²) in [6.45, 7) is 17.6. The molecule has 0 aliphatic rings. The predicted molar refractivity (Wildman–Crippen MR) is 105 cm³/mol. The molecule has 27 heavy (non-hydrogen) atoms. The normalized spacial score (nSPS) is 13.4. The molecule has 0 radical (unpaired) electrons. The van der Waals surface area contributed by atoms with Crippen LogP contribution in [0.15, 0.2) is 12.2 Å². The molecule has 0 bridgehead atoms. The highest BCUT2D eigenvalue weighted by molar-refractivity contribution is 5.86. The molecule has 158 valence electrons. The van der Waals surface area contributed by atoms with E-state index < -0.39 is 12.1 Å². The lowest BCUT2D eigenvalue weighted by molar-refractivity contribution is -0.161. The molecule has 0 fully saturated rings. The van der Waals surface area contributed by atoms with E-state index in [2.05, 4.69) is 48.1 Å². The van der Waals surface area contributed by atoms with Gasteiger partial charge in [-0.25, -0.2) is 4.79 Å². The lowest BCUT2D eigenvalue weighted by Gasteiger charge is -2.42. The molecule has 0 aromatic heterocycles. The van der Waals surface area contributed by atoms with Crippen molar-refractivity contribution in [2.24, 2.45) is 16.7 Å². The number of carbonyl (C=O) groups excluding carboxylic acids is 2. The predicted octanol–water partition coefficient (Wildman–Crippen LogP) is 3.52. The number of aliphatic hydroxyl groups excluding tert-OH is 1. The number of hydrogen-bond donors (Lipinski definition) is 1. The zero-order valence-corrected chi connectivity index (χ0v) is 18.1. The molecule has 1 atom stereocenters. The molecule has 0 heterocycles. The maximum absolute atomic E-state index is 12.7. The average Bonchev–Trinajstić information content (AvgIpc) is 2.58. The van der Waals surface area contributed by atoms with Gasteiger partial charge >= 0.3 is 11.9 Å². The van der Waals surface area contributed by atoms with E-state index >= 15 is 0 Å². The Morgan fingerprint density at radius 1 is 0.963 bits per heavy atom. The minimum Gasteiger partial charge on any atom is -0.463 e. The molecule has 0 spiro atoms. The maximum atomic E-state index is 12.7. The SMILES string of the molecule is C=C(C)C(=O)OCC(O)COCCOC(=O)C(C(C)(C)CC)C(C)(C)CC. The molecule has 1 N–H and O–H groups in total. The van der Waals surface area contributed by atoms with Gasteiger partial charge in [-0.15, -0.1) is 0 Å². The number of carbonyl (C=O) groups is 2. The van der Waals surface area contributed by atoms with Gasteiger partial charge in [0.2, 0.25) is 0 Å². The minimum absolute atomic E-state index is 0.00858. The van der Waals surface area contributed by atoms with E-state index in [4.69, 9.17) is 14.2 Å². The van der Waals surface area contributed by atoms with Crippen molar-refractivity contribution >= 4 is 11.9 Å². The fourth-order valence-corrected chi connectivity index (χ4v) is 2.95. The molecular formula is C21H38O6. The van der Waals surface area contributed by atoms with E-state index in [1.54, 1.807) is 0 Å². The van der Waals surface area contributed by atoms with Crippen molar-refractivity contribution < 1.29 is 28.9 Å². The number of aliphatic hydroxyl groups is 1. The van der Waals surface area contributed by atoms with E-state index in [0.29, 0.717) is 0 Å². The van der Waals surface area contributed by atoms with Gasteiger partial charge in [0.1, 0.15) is 19.3 Å². The summed E-state index contributed by atoms with van der Waals surface area (Å²) >= 11 is 0. The van der Waals surface area contributed by atoms with Crippen molar-refractivity contribution in [2.75, 3.05) is 26.4 Å². The summed E-state index contributed by atoms with van der Waals surface area (Å²) < 4.78 is 15.6. The van der Waals surface area contributed by atoms with Crippen LogP contribution in [-0.2, 0) is 23.8 Å². The van der Waals surface area contributed by atoms with Gasteiger partial charge in [0.15, 0.2) is 0 Å². The lowest BCUT2D eigenvalue weighted by Crippen LogP contribution is -2.42. The van der Waals surface area contributed by atoms with Crippen LogP contribution in [-0.4, -0.2) is 49.6 Å². The highest BCUT2D eigenvalue weighted by Crippen LogP contribution is 2.45. The van der Waals surface area contributed by atoms with Crippen molar-refractivity contribution in [1.29, 1.82) is 0 Å². The Kier molecular flexibility index (Phi) is 10.9. The van der Waals surface area contributed by atoms with Crippen LogP contribution in [0.1, 0.15) is 61.3 Å². The van der Waals surface area contributed by atoms with Gasteiger partial charge in [0.05, 0.1) is 19.1 Å². The molecule has 0 amide bonds. The first-order valence-electron chi connectivity index (χ1n) is 9.64. The van der Waals surface area contributed by atoms with E-state index in [9.17, 15) is 14.7 Å². The van der Waals surface area contributed by atoms with E-state index in [1.807, 2.05) is 0 Å². The van der Waals surface area contributed by atoms with Crippen molar-refractivity contribution in [3.05, 3.63) is 12.2 Å². The van der Waals surface area contributed by atoms with Crippen LogP contribution in [0.4, 0.5) is 0 Å². The Bertz CT molecular complexity index is 479. The molecule has 0 aromatic carbocycles. The molecule has 0 aliphatic carbocycles. The monoisotopic (exact) mass is 386 g/mol. The van der Waals surface area contributed by atoms with Crippen LogP contribution in [0, 0.1) is 16.7 Å². The maximum Gasteiger partial charge on any atom is 0.333 e. The highest BCUT2D eigenvalue weighted by Gasteiger charge is 2.44. The van der Waals surface area contributed by atoms with Crippen LogP contribution >= 0.6 is 0 Å². The molecule has 6 heteroatoms. The first-order chi connectivity index (χ1) is 12.4. The first-order valence-corrected chi connectivity index (χ1v) is 9.64.